The molecule has 0 spiro atoms. The molecule has 0 aliphatic rings. The molecule has 0 aliphatic carbocycles. The average molecular weight is 315 g/mol. The Morgan fingerprint density at radius 3 is 2.60 bits per heavy atom. The van der Waals surface area contributed by atoms with E-state index in [2.05, 4.69) is 5.10 Å². The van der Waals surface area contributed by atoms with Gasteiger partial charge in [-0.1, -0.05) is 17.7 Å². The first kappa shape index (κ1) is 15.0. The van der Waals surface area contributed by atoms with Gasteiger partial charge in [-0.15, -0.1) is 11.6 Å². The molecular weight excluding hydrogens is 299 g/mol. The lowest BCUT2D eigenvalue weighted by atomic mass is 10.2. The van der Waals surface area contributed by atoms with Crippen molar-refractivity contribution in [2.45, 2.75) is 19.4 Å². The third kappa shape index (κ3) is 3.02. The lowest BCUT2D eigenvalue weighted by Gasteiger charge is -2.11. The molecule has 6 heteroatoms. The molecule has 0 saturated heterocycles. The summed E-state index contributed by atoms with van der Waals surface area (Å²) in [6.45, 7) is 2.23. The predicted molar refractivity (Wildman–Crippen MR) is 79.8 cm³/mol. The van der Waals surface area contributed by atoms with Crippen LogP contribution in [-0.4, -0.2) is 16.9 Å². The summed E-state index contributed by atoms with van der Waals surface area (Å²) in [5.41, 5.74) is 2.69. The number of aryl methyl sites for hydroxylation is 2. The number of hydrogen-bond donors (Lipinski definition) is 0. The molecule has 0 fully saturated rings. The third-order valence-corrected chi connectivity index (χ3v) is 3.81. The summed E-state index contributed by atoms with van der Waals surface area (Å²) >= 11 is 12.0. The highest BCUT2D eigenvalue weighted by molar-refractivity contribution is 6.30. The summed E-state index contributed by atoms with van der Waals surface area (Å²) < 4.78 is 12.7. The van der Waals surface area contributed by atoms with Gasteiger partial charge in [0, 0.05) is 18.5 Å². The Labute approximate surface area is 128 Å². The zero-order valence-corrected chi connectivity index (χ0v) is 13.1. The maximum atomic E-state index is 6.18. The highest BCUT2D eigenvalue weighted by Gasteiger charge is 2.13. The van der Waals surface area contributed by atoms with Crippen LogP contribution in [0.25, 0.3) is 0 Å². The first-order valence-corrected chi connectivity index (χ1v) is 7.01. The van der Waals surface area contributed by atoms with Gasteiger partial charge in [0.1, 0.15) is 11.8 Å². The maximum Gasteiger partial charge on any atom is 0.161 e. The molecule has 4 nitrogen and oxygen atoms in total. The van der Waals surface area contributed by atoms with Crippen LogP contribution in [0.2, 0.25) is 5.15 Å². The molecule has 0 N–H and O–H groups in total. The quantitative estimate of drug-likeness (QED) is 0.789. The van der Waals surface area contributed by atoms with Crippen molar-refractivity contribution in [3.8, 4) is 11.5 Å². The summed E-state index contributed by atoms with van der Waals surface area (Å²) in [4.78, 5) is 0. The Balaban J connectivity index is 2.21. The van der Waals surface area contributed by atoms with Gasteiger partial charge in [-0.3, -0.25) is 4.68 Å². The van der Waals surface area contributed by atoms with Gasteiger partial charge in [0.2, 0.25) is 0 Å². The zero-order valence-electron chi connectivity index (χ0n) is 11.6. The number of methoxy groups -OCH3 is 1. The van der Waals surface area contributed by atoms with Crippen LogP contribution in [0.4, 0.5) is 0 Å². The molecule has 0 radical (unpaired) electrons. The minimum atomic E-state index is 0.334. The van der Waals surface area contributed by atoms with Crippen LogP contribution < -0.4 is 9.47 Å². The molecule has 1 aromatic carbocycles. The molecular formula is C14H16Cl2N2O2. The Morgan fingerprint density at radius 1 is 1.30 bits per heavy atom. The zero-order chi connectivity index (χ0) is 14.7. The maximum absolute atomic E-state index is 6.18. The van der Waals surface area contributed by atoms with Gasteiger partial charge in [0.05, 0.1) is 12.8 Å². The molecule has 0 aliphatic heterocycles. The predicted octanol–water partition coefficient (Wildman–Crippen LogP) is 3.71. The van der Waals surface area contributed by atoms with Crippen molar-refractivity contribution in [1.82, 2.24) is 9.78 Å². The van der Waals surface area contributed by atoms with Gasteiger partial charge in [0.25, 0.3) is 0 Å². The van der Waals surface area contributed by atoms with E-state index in [1.54, 1.807) is 18.8 Å². The Kier molecular flexibility index (Phi) is 4.78. The summed E-state index contributed by atoms with van der Waals surface area (Å²) in [5.74, 6) is 1.73. The van der Waals surface area contributed by atoms with E-state index < -0.39 is 0 Å². The van der Waals surface area contributed by atoms with Crippen molar-refractivity contribution in [2.75, 3.05) is 7.11 Å². The molecule has 2 rings (SSSR count). The molecule has 0 amide bonds. The highest BCUT2D eigenvalue weighted by Crippen LogP contribution is 2.30. The number of alkyl halides is 1. The van der Waals surface area contributed by atoms with Crippen molar-refractivity contribution in [1.29, 1.82) is 0 Å². The monoisotopic (exact) mass is 314 g/mol. The third-order valence-electron chi connectivity index (χ3n) is 3.02. The highest BCUT2D eigenvalue weighted by atomic mass is 35.5. The Hall–Kier alpha value is -1.39. The van der Waals surface area contributed by atoms with Crippen molar-refractivity contribution in [3.05, 3.63) is 40.2 Å². The Bertz CT molecular complexity index is 611. The van der Waals surface area contributed by atoms with Crippen molar-refractivity contribution >= 4 is 23.2 Å². The van der Waals surface area contributed by atoms with E-state index in [4.69, 9.17) is 32.7 Å². The smallest absolute Gasteiger partial charge is 0.161 e. The lowest BCUT2D eigenvalue weighted by Crippen LogP contribution is -1.99. The fraction of sp³-hybridized carbons (Fsp3) is 0.357. The number of halogens is 2. The van der Waals surface area contributed by atoms with E-state index in [0.29, 0.717) is 29.1 Å². The van der Waals surface area contributed by atoms with Gasteiger partial charge < -0.3 is 9.47 Å². The molecule has 0 atom stereocenters. The largest absolute Gasteiger partial charge is 0.493 e. The summed E-state index contributed by atoms with van der Waals surface area (Å²) in [5, 5.41) is 4.83. The minimum Gasteiger partial charge on any atom is -0.493 e. The molecule has 20 heavy (non-hydrogen) atoms. The first-order valence-electron chi connectivity index (χ1n) is 6.10. The van der Waals surface area contributed by atoms with Crippen LogP contribution in [0.15, 0.2) is 18.2 Å². The normalized spacial score (nSPS) is 10.7. The van der Waals surface area contributed by atoms with Crippen molar-refractivity contribution in [2.24, 2.45) is 7.05 Å². The second kappa shape index (κ2) is 6.37. The molecule has 1 aromatic heterocycles. The summed E-state index contributed by atoms with van der Waals surface area (Å²) in [6, 6.07) is 5.61. The van der Waals surface area contributed by atoms with Crippen LogP contribution in [0.1, 0.15) is 16.8 Å². The standard InChI is InChI=1S/C14H16Cl2N2O2/c1-9-11(14(16)18(2)17-9)8-20-13-6-10(7-15)4-5-12(13)19-3/h4-6H,7-8H2,1-3H3. The number of ether oxygens (including phenoxy) is 2. The second-order valence-electron chi connectivity index (χ2n) is 4.39. The fourth-order valence-corrected chi connectivity index (χ4v) is 2.30. The van der Waals surface area contributed by atoms with E-state index in [0.717, 1.165) is 16.8 Å². The average Bonchev–Trinajstić information content (AvgIpc) is 2.70. The van der Waals surface area contributed by atoms with Crippen molar-refractivity contribution in [3.63, 3.8) is 0 Å². The van der Waals surface area contributed by atoms with Gasteiger partial charge in [-0.2, -0.15) is 5.10 Å². The van der Waals surface area contributed by atoms with Gasteiger partial charge in [0.15, 0.2) is 11.5 Å². The van der Waals surface area contributed by atoms with E-state index >= 15 is 0 Å². The molecule has 0 bridgehead atoms. The minimum absolute atomic E-state index is 0.334. The van der Waals surface area contributed by atoms with E-state index in [9.17, 15) is 0 Å². The molecule has 108 valence electrons. The van der Waals surface area contributed by atoms with E-state index in [-0.39, 0.29) is 0 Å². The van der Waals surface area contributed by atoms with Crippen molar-refractivity contribution < 1.29 is 9.47 Å². The molecule has 0 saturated carbocycles. The molecule has 1 heterocycles. The van der Waals surface area contributed by atoms with Crippen LogP contribution in [0, 0.1) is 6.92 Å². The summed E-state index contributed by atoms with van der Waals surface area (Å²) in [7, 11) is 3.40. The summed E-state index contributed by atoms with van der Waals surface area (Å²) in [6.07, 6.45) is 0. The molecule has 0 unspecified atom stereocenters. The second-order valence-corrected chi connectivity index (χ2v) is 5.01. The van der Waals surface area contributed by atoms with E-state index in [1.165, 1.54) is 0 Å². The van der Waals surface area contributed by atoms with Crippen LogP contribution in [0.5, 0.6) is 11.5 Å². The number of rotatable bonds is 5. The van der Waals surface area contributed by atoms with Gasteiger partial charge in [-0.25, -0.2) is 0 Å². The number of aromatic nitrogens is 2. The van der Waals surface area contributed by atoms with Crippen LogP contribution >= 0.6 is 23.2 Å². The van der Waals surface area contributed by atoms with E-state index in [1.807, 2.05) is 25.1 Å². The number of benzene rings is 1. The topological polar surface area (TPSA) is 36.3 Å². The number of hydrogen-bond acceptors (Lipinski definition) is 3. The lowest BCUT2D eigenvalue weighted by molar-refractivity contribution is 0.283. The van der Waals surface area contributed by atoms with Gasteiger partial charge in [-0.05, 0) is 24.6 Å². The number of nitrogens with zero attached hydrogens (tertiary/aromatic N) is 2. The van der Waals surface area contributed by atoms with Gasteiger partial charge >= 0.3 is 0 Å². The fourth-order valence-electron chi connectivity index (χ4n) is 1.90. The molecule has 2 aromatic rings. The van der Waals surface area contributed by atoms with Crippen LogP contribution in [-0.2, 0) is 19.5 Å². The Morgan fingerprint density at radius 2 is 2.05 bits per heavy atom. The first-order chi connectivity index (χ1) is 9.56. The van der Waals surface area contributed by atoms with Crippen LogP contribution in [0.3, 0.4) is 0 Å². The SMILES string of the molecule is COc1ccc(CCl)cc1OCc1c(C)nn(C)c1Cl.